The summed E-state index contributed by atoms with van der Waals surface area (Å²) in [6, 6.07) is 24.5. The maximum Gasteiger partial charge on any atom is 0.294 e. The molecule has 0 fully saturated rings. The summed E-state index contributed by atoms with van der Waals surface area (Å²) in [6.45, 7) is 0. The fraction of sp³-hybridized carbons (Fsp3) is 0. The molecule has 5 nitrogen and oxygen atoms in total. The minimum atomic E-state index is -0.401. The van der Waals surface area contributed by atoms with E-state index in [1.54, 1.807) is 12.1 Å². The normalized spacial score (nSPS) is 11.8. The Hall–Kier alpha value is -3.83. The molecule has 0 spiro atoms. The highest BCUT2D eigenvalue weighted by atomic mass is 35.5. The van der Waals surface area contributed by atoms with Crippen molar-refractivity contribution in [2.45, 2.75) is 0 Å². The fourth-order valence-corrected chi connectivity index (χ4v) is 4.49. The molecule has 6 aromatic rings. The standard InChI is InChI=1S/C24H13ClN2O3/c25-14-9-11-19(21(13-14)27(28)29)26-18-7-3-1-6-17(18)23-20(26)12-10-16-15-5-2-4-8-22(15)30-24(16)23/h1-13H. The molecule has 2 heterocycles. The van der Waals surface area contributed by atoms with Gasteiger partial charge in [0.2, 0.25) is 0 Å². The number of nitrogens with zero attached hydrogens (tertiary/aromatic N) is 2. The van der Waals surface area contributed by atoms with Gasteiger partial charge in [0.05, 0.1) is 21.3 Å². The summed E-state index contributed by atoms with van der Waals surface area (Å²) in [5, 5.41) is 16.1. The Kier molecular flexibility index (Phi) is 3.46. The van der Waals surface area contributed by atoms with Gasteiger partial charge in [-0.05, 0) is 36.4 Å². The number of rotatable bonds is 2. The van der Waals surface area contributed by atoms with E-state index in [0.29, 0.717) is 10.7 Å². The van der Waals surface area contributed by atoms with Crippen LogP contribution in [0.3, 0.4) is 0 Å². The predicted octanol–water partition coefficient (Wildman–Crippen LogP) is 7.24. The molecule has 0 saturated carbocycles. The summed E-state index contributed by atoms with van der Waals surface area (Å²) in [5.74, 6) is 0. The second-order valence-electron chi connectivity index (χ2n) is 7.18. The molecule has 0 aliphatic rings. The maximum absolute atomic E-state index is 11.8. The highest BCUT2D eigenvalue weighted by Crippen LogP contribution is 2.41. The van der Waals surface area contributed by atoms with E-state index in [4.69, 9.17) is 16.0 Å². The van der Waals surface area contributed by atoms with E-state index in [9.17, 15) is 10.1 Å². The number of para-hydroxylation sites is 2. The van der Waals surface area contributed by atoms with Gasteiger partial charge in [-0.15, -0.1) is 0 Å². The number of hydrogen-bond acceptors (Lipinski definition) is 3. The summed E-state index contributed by atoms with van der Waals surface area (Å²) in [5.41, 5.74) is 3.72. The summed E-state index contributed by atoms with van der Waals surface area (Å²) < 4.78 is 8.16. The number of furan rings is 1. The van der Waals surface area contributed by atoms with Crippen LogP contribution in [0, 0.1) is 10.1 Å². The minimum absolute atomic E-state index is 0.0464. The third-order valence-corrected chi connectivity index (χ3v) is 5.79. The minimum Gasteiger partial charge on any atom is -0.455 e. The van der Waals surface area contributed by atoms with Crippen LogP contribution in [0.15, 0.2) is 83.3 Å². The number of benzene rings is 4. The third kappa shape index (κ3) is 2.24. The lowest BCUT2D eigenvalue weighted by Gasteiger charge is -2.08. The Labute approximate surface area is 174 Å². The van der Waals surface area contributed by atoms with Gasteiger partial charge in [0, 0.05) is 27.2 Å². The molecule has 0 saturated heterocycles. The van der Waals surface area contributed by atoms with Gasteiger partial charge in [-0.3, -0.25) is 10.1 Å². The van der Waals surface area contributed by atoms with Gasteiger partial charge < -0.3 is 8.98 Å². The van der Waals surface area contributed by atoms with Crippen LogP contribution >= 0.6 is 11.6 Å². The quantitative estimate of drug-likeness (QED) is 0.222. The molecule has 0 bridgehead atoms. The lowest BCUT2D eigenvalue weighted by atomic mass is 10.1. The van der Waals surface area contributed by atoms with Crippen molar-refractivity contribution >= 4 is 61.0 Å². The number of fused-ring (bicyclic) bond motifs is 7. The van der Waals surface area contributed by atoms with E-state index < -0.39 is 4.92 Å². The fourth-order valence-electron chi connectivity index (χ4n) is 4.33. The van der Waals surface area contributed by atoms with E-state index in [1.165, 1.54) is 6.07 Å². The van der Waals surface area contributed by atoms with Crippen LogP contribution in [-0.4, -0.2) is 9.49 Å². The van der Waals surface area contributed by atoms with Gasteiger partial charge in [0.25, 0.3) is 5.69 Å². The van der Waals surface area contributed by atoms with Gasteiger partial charge in [0.15, 0.2) is 0 Å². The molecule has 0 aliphatic carbocycles. The van der Waals surface area contributed by atoms with Crippen LogP contribution in [0.1, 0.15) is 0 Å². The number of nitro benzene ring substituents is 1. The molecule has 0 N–H and O–H groups in total. The van der Waals surface area contributed by atoms with Gasteiger partial charge in [0.1, 0.15) is 16.9 Å². The van der Waals surface area contributed by atoms with Crippen molar-refractivity contribution < 1.29 is 9.34 Å². The summed E-state index contributed by atoms with van der Waals surface area (Å²) in [6.07, 6.45) is 0. The average Bonchev–Trinajstić information content (AvgIpc) is 3.29. The molecule has 30 heavy (non-hydrogen) atoms. The molecule has 0 amide bonds. The van der Waals surface area contributed by atoms with E-state index in [-0.39, 0.29) is 5.69 Å². The van der Waals surface area contributed by atoms with Crippen LogP contribution in [0.2, 0.25) is 5.02 Å². The highest BCUT2D eigenvalue weighted by molar-refractivity contribution is 6.31. The lowest BCUT2D eigenvalue weighted by molar-refractivity contribution is -0.384. The van der Waals surface area contributed by atoms with Gasteiger partial charge >= 0.3 is 0 Å². The summed E-state index contributed by atoms with van der Waals surface area (Å²) in [4.78, 5) is 11.4. The largest absolute Gasteiger partial charge is 0.455 e. The summed E-state index contributed by atoms with van der Waals surface area (Å²) >= 11 is 6.05. The zero-order valence-electron chi connectivity index (χ0n) is 15.5. The van der Waals surface area contributed by atoms with Crippen LogP contribution in [-0.2, 0) is 0 Å². The molecule has 144 valence electrons. The van der Waals surface area contributed by atoms with Gasteiger partial charge in [-0.2, -0.15) is 0 Å². The Morgan fingerprint density at radius 2 is 1.60 bits per heavy atom. The lowest BCUT2D eigenvalue weighted by Crippen LogP contribution is -2.00. The van der Waals surface area contributed by atoms with Crippen molar-refractivity contribution in [3.63, 3.8) is 0 Å². The molecular weight excluding hydrogens is 400 g/mol. The van der Waals surface area contributed by atoms with E-state index in [0.717, 1.165) is 43.7 Å². The zero-order chi connectivity index (χ0) is 20.4. The topological polar surface area (TPSA) is 61.2 Å². The van der Waals surface area contributed by atoms with Crippen molar-refractivity contribution in [1.82, 2.24) is 4.57 Å². The van der Waals surface area contributed by atoms with Crippen molar-refractivity contribution in [1.29, 1.82) is 0 Å². The van der Waals surface area contributed by atoms with Crippen LogP contribution in [0.25, 0.3) is 49.4 Å². The Morgan fingerprint density at radius 1 is 0.833 bits per heavy atom. The SMILES string of the molecule is O=[N+]([O-])c1cc(Cl)ccc1-n1c2ccccc2c2c3oc4ccccc4c3ccc21. The molecule has 2 aromatic heterocycles. The van der Waals surface area contributed by atoms with E-state index in [2.05, 4.69) is 0 Å². The van der Waals surface area contributed by atoms with Crippen molar-refractivity contribution in [3.8, 4) is 5.69 Å². The van der Waals surface area contributed by atoms with E-state index in [1.807, 2.05) is 65.2 Å². The number of aromatic nitrogens is 1. The molecule has 0 atom stereocenters. The van der Waals surface area contributed by atoms with Gasteiger partial charge in [-0.25, -0.2) is 0 Å². The van der Waals surface area contributed by atoms with Crippen molar-refractivity contribution in [2.75, 3.05) is 0 Å². The monoisotopic (exact) mass is 412 g/mol. The molecule has 6 heteroatoms. The van der Waals surface area contributed by atoms with Crippen molar-refractivity contribution in [3.05, 3.63) is 94.0 Å². The average molecular weight is 413 g/mol. The number of nitro groups is 1. The Bertz CT molecular complexity index is 1650. The summed E-state index contributed by atoms with van der Waals surface area (Å²) in [7, 11) is 0. The van der Waals surface area contributed by atoms with E-state index >= 15 is 0 Å². The first-order valence-corrected chi connectivity index (χ1v) is 9.79. The second kappa shape index (κ2) is 6.08. The molecule has 0 aliphatic heterocycles. The first-order valence-electron chi connectivity index (χ1n) is 9.41. The third-order valence-electron chi connectivity index (χ3n) is 5.56. The second-order valence-corrected chi connectivity index (χ2v) is 7.61. The smallest absolute Gasteiger partial charge is 0.294 e. The molecular formula is C24H13ClN2O3. The van der Waals surface area contributed by atoms with Crippen molar-refractivity contribution in [2.24, 2.45) is 0 Å². The predicted molar refractivity (Wildman–Crippen MR) is 120 cm³/mol. The number of hydrogen-bond donors (Lipinski definition) is 0. The zero-order valence-corrected chi connectivity index (χ0v) is 16.3. The first kappa shape index (κ1) is 17.1. The van der Waals surface area contributed by atoms with Crippen LogP contribution in [0.4, 0.5) is 5.69 Å². The molecule has 0 unspecified atom stereocenters. The van der Waals surface area contributed by atoms with Crippen LogP contribution in [0.5, 0.6) is 0 Å². The number of halogens is 1. The first-order chi connectivity index (χ1) is 14.6. The van der Waals surface area contributed by atoms with Crippen LogP contribution < -0.4 is 0 Å². The Balaban J connectivity index is 1.84. The Morgan fingerprint density at radius 3 is 2.43 bits per heavy atom. The molecule has 6 rings (SSSR count). The molecule has 0 radical (unpaired) electrons. The highest BCUT2D eigenvalue weighted by Gasteiger charge is 2.23. The van der Waals surface area contributed by atoms with Gasteiger partial charge in [-0.1, -0.05) is 48.0 Å². The molecule has 4 aromatic carbocycles. The maximum atomic E-state index is 11.8.